The molecule has 0 bridgehead atoms. The number of hydrogen-bond donors (Lipinski definition) is 2. The molecule has 0 aromatic rings. The quantitative estimate of drug-likeness (QED) is 0.0486. The standard InChI is InChI=1S/C46H95O3P/c1-5-7-9-11-13-15-17-19-21-23-25-27-29-31-34-38-42-46(49-50(47)48,44-40-36-33-37-41-45(3)4)43-39-35-32-30-28-26-24-22-20-18-16-14-12-10-8-6-2/h45,47-48H,5-44H2,1-4H3. The molecule has 0 atom stereocenters. The summed E-state index contributed by atoms with van der Waals surface area (Å²) in [4.78, 5) is 20.1. The highest BCUT2D eigenvalue weighted by molar-refractivity contribution is 7.39. The first-order chi connectivity index (χ1) is 24.5. The molecule has 0 amide bonds. The van der Waals surface area contributed by atoms with Gasteiger partial charge in [-0.05, 0) is 25.2 Å². The maximum Gasteiger partial charge on any atom is 0.327 e. The Balaban J connectivity index is 4.28. The third kappa shape index (κ3) is 38.0. The lowest BCUT2D eigenvalue weighted by molar-refractivity contribution is 0.0219. The largest absolute Gasteiger partial charge is 0.328 e. The van der Waals surface area contributed by atoms with E-state index in [1.807, 2.05) is 0 Å². The summed E-state index contributed by atoms with van der Waals surface area (Å²) < 4.78 is 6.11. The number of unbranched alkanes of at least 4 members (excludes halogenated alkanes) is 33. The second kappa shape index (κ2) is 40.5. The van der Waals surface area contributed by atoms with Crippen LogP contribution < -0.4 is 0 Å². The van der Waals surface area contributed by atoms with Gasteiger partial charge in [0, 0.05) is 0 Å². The van der Waals surface area contributed by atoms with Gasteiger partial charge in [0.2, 0.25) is 0 Å². The highest BCUT2D eigenvalue weighted by Gasteiger charge is 2.32. The van der Waals surface area contributed by atoms with Gasteiger partial charge in [-0.25, -0.2) is 0 Å². The van der Waals surface area contributed by atoms with E-state index in [2.05, 4.69) is 27.7 Å². The smallest absolute Gasteiger partial charge is 0.327 e. The fraction of sp³-hybridized carbons (Fsp3) is 1.00. The first-order valence-corrected chi connectivity index (χ1v) is 24.5. The molecule has 2 N–H and O–H groups in total. The lowest BCUT2D eigenvalue weighted by atomic mass is 9.85. The molecule has 0 aromatic heterocycles. The van der Waals surface area contributed by atoms with Crippen molar-refractivity contribution in [3.63, 3.8) is 0 Å². The SMILES string of the molecule is CCCCCCCCCCCCCCCCCCC(CCCCCCCCCCCCCCCCCC)(CCCCCCC(C)C)OP(O)O. The number of rotatable bonds is 43. The normalized spacial score (nSPS) is 12.2. The van der Waals surface area contributed by atoms with Crippen molar-refractivity contribution in [1.29, 1.82) is 0 Å². The second-order valence-corrected chi connectivity index (χ2v) is 17.7. The van der Waals surface area contributed by atoms with Gasteiger partial charge in [0.15, 0.2) is 0 Å². The zero-order chi connectivity index (χ0) is 36.6. The summed E-state index contributed by atoms with van der Waals surface area (Å²) in [5.41, 5.74) is -0.334. The van der Waals surface area contributed by atoms with Crippen LogP contribution in [0.4, 0.5) is 0 Å². The van der Waals surface area contributed by atoms with Crippen LogP contribution >= 0.6 is 8.60 Å². The van der Waals surface area contributed by atoms with Crippen LogP contribution in [0.5, 0.6) is 0 Å². The zero-order valence-corrected chi connectivity index (χ0v) is 36.0. The maximum atomic E-state index is 10.1. The van der Waals surface area contributed by atoms with E-state index in [0.717, 1.165) is 44.4 Å². The third-order valence-corrected chi connectivity index (χ3v) is 12.0. The summed E-state index contributed by atoms with van der Waals surface area (Å²) in [7, 11) is -2.31. The van der Waals surface area contributed by atoms with Crippen molar-refractivity contribution >= 4 is 8.60 Å². The Bertz CT molecular complexity index is 589. The van der Waals surface area contributed by atoms with Gasteiger partial charge in [0.1, 0.15) is 0 Å². The van der Waals surface area contributed by atoms with Gasteiger partial charge in [0.05, 0.1) is 5.60 Å². The number of hydrogen-bond acceptors (Lipinski definition) is 3. The molecular formula is C46H95O3P. The molecule has 0 fully saturated rings. The highest BCUT2D eigenvalue weighted by Crippen LogP contribution is 2.42. The molecule has 0 aromatic carbocycles. The predicted octanol–water partition coefficient (Wildman–Crippen LogP) is 17.3. The minimum Gasteiger partial charge on any atom is -0.328 e. The van der Waals surface area contributed by atoms with Crippen LogP contribution in [-0.2, 0) is 4.52 Å². The Morgan fingerprint density at radius 3 is 0.800 bits per heavy atom. The third-order valence-electron chi connectivity index (χ3n) is 11.4. The Hall–Kier alpha value is 0.310. The van der Waals surface area contributed by atoms with Crippen LogP contribution in [0.25, 0.3) is 0 Å². The molecule has 0 saturated carbocycles. The maximum absolute atomic E-state index is 10.1. The van der Waals surface area contributed by atoms with Gasteiger partial charge in [-0.3, -0.25) is 0 Å². The van der Waals surface area contributed by atoms with Crippen LogP contribution in [0.2, 0.25) is 0 Å². The molecule has 0 unspecified atom stereocenters. The topological polar surface area (TPSA) is 49.7 Å². The van der Waals surface area contributed by atoms with Gasteiger partial charge in [-0.2, -0.15) is 0 Å². The first-order valence-electron chi connectivity index (χ1n) is 23.3. The molecule has 0 radical (unpaired) electrons. The lowest BCUT2D eigenvalue weighted by Crippen LogP contribution is -2.31. The van der Waals surface area contributed by atoms with E-state index in [-0.39, 0.29) is 5.60 Å². The average molecular weight is 727 g/mol. The first kappa shape index (κ1) is 50.3. The molecule has 3 nitrogen and oxygen atoms in total. The molecule has 302 valence electrons. The van der Waals surface area contributed by atoms with Crippen LogP contribution in [0.3, 0.4) is 0 Å². The van der Waals surface area contributed by atoms with Gasteiger partial charge < -0.3 is 14.3 Å². The minimum atomic E-state index is -2.31. The average Bonchev–Trinajstić information content (AvgIpc) is 3.09. The summed E-state index contributed by atoms with van der Waals surface area (Å²) in [6.07, 6.45) is 53.6. The fourth-order valence-corrected chi connectivity index (χ4v) is 8.65. The Morgan fingerprint density at radius 2 is 0.580 bits per heavy atom. The van der Waals surface area contributed by atoms with Crippen molar-refractivity contribution in [2.24, 2.45) is 5.92 Å². The highest BCUT2D eigenvalue weighted by atomic mass is 31.2. The molecule has 50 heavy (non-hydrogen) atoms. The molecule has 4 heteroatoms. The predicted molar refractivity (Wildman–Crippen MR) is 226 cm³/mol. The molecule has 0 aliphatic carbocycles. The molecular weight excluding hydrogens is 631 g/mol. The summed E-state index contributed by atoms with van der Waals surface area (Å²) in [5.74, 6) is 0.787. The van der Waals surface area contributed by atoms with Crippen molar-refractivity contribution in [3.8, 4) is 0 Å². The Kier molecular flexibility index (Phi) is 40.7. The summed E-state index contributed by atoms with van der Waals surface area (Å²) in [6, 6.07) is 0. The van der Waals surface area contributed by atoms with Gasteiger partial charge in [-0.1, -0.05) is 265 Å². The molecule has 0 spiro atoms. The van der Waals surface area contributed by atoms with E-state index in [1.165, 1.54) is 218 Å². The zero-order valence-electron chi connectivity index (χ0n) is 35.1. The molecule has 0 aliphatic heterocycles. The lowest BCUT2D eigenvalue weighted by Gasteiger charge is -2.34. The second-order valence-electron chi connectivity index (χ2n) is 17.0. The van der Waals surface area contributed by atoms with Gasteiger partial charge >= 0.3 is 8.60 Å². The summed E-state index contributed by atoms with van der Waals surface area (Å²) in [5, 5.41) is 0. The Labute approximate surface area is 318 Å². The van der Waals surface area contributed by atoms with Crippen LogP contribution in [0, 0.1) is 5.92 Å². The van der Waals surface area contributed by atoms with E-state index < -0.39 is 8.60 Å². The molecule has 0 rings (SSSR count). The van der Waals surface area contributed by atoms with Crippen molar-refractivity contribution in [1.82, 2.24) is 0 Å². The van der Waals surface area contributed by atoms with Crippen LogP contribution in [0.1, 0.15) is 285 Å². The van der Waals surface area contributed by atoms with Crippen molar-refractivity contribution in [2.75, 3.05) is 0 Å². The van der Waals surface area contributed by atoms with E-state index in [9.17, 15) is 9.79 Å². The van der Waals surface area contributed by atoms with Crippen molar-refractivity contribution in [2.45, 2.75) is 290 Å². The van der Waals surface area contributed by atoms with Crippen LogP contribution in [0.15, 0.2) is 0 Å². The fourth-order valence-electron chi connectivity index (χ4n) is 8.03. The van der Waals surface area contributed by atoms with E-state index in [0.29, 0.717) is 0 Å². The monoisotopic (exact) mass is 727 g/mol. The van der Waals surface area contributed by atoms with E-state index in [1.54, 1.807) is 0 Å². The van der Waals surface area contributed by atoms with E-state index in [4.69, 9.17) is 4.52 Å². The van der Waals surface area contributed by atoms with Gasteiger partial charge in [0.25, 0.3) is 0 Å². The summed E-state index contributed by atoms with van der Waals surface area (Å²) >= 11 is 0. The molecule has 0 aliphatic rings. The van der Waals surface area contributed by atoms with Crippen molar-refractivity contribution < 1.29 is 14.3 Å². The Morgan fingerprint density at radius 1 is 0.360 bits per heavy atom. The van der Waals surface area contributed by atoms with Gasteiger partial charge in [-0.15, -0.1) is 0 Å². The molecule has 0 saturated heterocycles. The summed E-state index contributed by atoms with van der Waals surface area (Å²) in [6.45, 7) is 9.23. The van der Waals surface area contributed by atoms with Crippen molar-refractivity contribution in [3.05, 3.63) is 0 Å². The molecule has 0 heterocycles. The van der Waals surface area contributed by atoms with Crippen LogP contribution in [-0.4, -0.2) is 15.4 Å². The van der Waals surface area contributed by atoms with E-state index >= 15 is 0 Å². The minimum absolute atomic E-state index is 0.334.